The number of ether oxygens (including phenoxy) is 2. The maximum absolute atomic E-state index is 13.1. The first kappa shape index (κ1) is 26.9. The monoisotopic (exact) mass is 608 g/mol. The second-order valence-electron chi connectivity index (χ2n) is 8.88. The minimum atomic E-state index is -0.434. The number of aliphatic imine (C=N–C) groups is 1. The van der Waals surface area contributed by atoms with Crippen LogP contribution < -0.4 is 9.64 Å². The van der Waals surface area contributed by atoms with Gasteiger partial charge in [-0.3, -0.25) is 19.8 Å². The van der Waals surface area contributed by atoms with E-state index in [1.165, 1.54) is 28.8 Å². The number of amides is 1. The molecule has 5 rings (SSSR count). The number of hydrogen-bond donors (Lipinski definition) is 0. The van der Waals surface area contributed by atoms with E-state index in [-0.39, 0.29) is 18.2 Å². The fraction of sp³-hybridized carbons (Fsp3) is 0.214. The molecule has 0 unspecified atom stereocenters. The first-order chi connectivity index (χ1) is 18.9. The van der Waals surface area contributed by atoms with Crippen molar-refractivity contribution in [3.8, 4) is 5.75 Å². The number of carbonyl (C=O) groups is 1. The van der Waals surface area contributed by atoms with E-state index >= 15 is 0 Å². The van der Waals surface area contributed by atoms with Gasteiger partial charge in [0.25, 0.3) is 11.6 Å². The lowest BCUT2D eigenvalue weighted by Gasteiger charge is -2.28. The number of morpholine rings is 1. The number of nitro groups is 1. The van der Waals surface area contributed by atoms with Gasteiger partial charge in [-0.1, -0.05) is 28.1 Å². The van der Waals surface area contributed by atoms with Crippen LogP contribution in [0, 0.1) is 10.1 Å². The zero-order chi connectivity index (χ0) is 27.4. The number of non-ortho nitro benzene ring substituents is 1. The predicted octanol–water partition coefficient (Wildman–Crippen LogP) is 6.01. The van der Waals surface area contributed by atoms with E-state index in [1.54, 1.807) is 31.3 Å². The number of carbonyl (C=O) groups excluding carboxylic acids is 1. The normalized spacial score (nSPS) is 17.7. The molecule has 0 N–H and O–H groups in total. The summed E-state index contributed by atoms with van der Waals surface area (Å²) in [6.07, 6.45) is 1.78. The Morgan fingerprint density at radius 1 is 1.13 bits per heavy atom. The molecule has 2 heterocycles. The minimum absolute atomic E-state index is 0.00721. The molecule has 0 saturated carbocycles. The van der Waals surface area contributed by atoms with Gasteiger partial charge in [-0.05, 0) is 65.9 Å². The molecule has 2 aliphatic heterocycles. The Kier molecular flexibility index (Phi) is 8.30. The second-order valence-corrected chi connectivity index (χ2v) is 10.8. The number of likely N-dealkylation sites (N-methyl/N-ethyl adjacent to an activating group) is 1. The van der Waals surface area contributed by atoms with Crippen molar-refractivity contribution in [1.29, 1.82) is 0 Å². The largest absolute Gasteiger partial charge is 0.488 e. The molecule has 2 fully saturated rings. The van der Waals surface area contributed by atoms with E-state index in [0.29, 0.717) is 26.9 Å². The van der Waals surface area contributed by atoms with E-state index < -0.39 is 4.92 Å². The molecular weight excluding hydrogens is 584 g/mol. The summed E-state index contributed by atoms with van der Waals surface area (Å²) in [6.45, 7) is 3.32. The van der Waals surface area contributed by atoms with Crippen LogP contribution in [0.25, 0.3) is 6.08 Å². The highest BCUT2D eigenvalue weighted by Gasteiger charge is 2.30. The Bertz CT molecular complexity index is 1450. The zero-order valence-electron chi connectivity index (χ0n) is 21.1. The lowest BCUT2D eigenvalue weighted by atomic mass is 10.1. The summed E-state index contributed by atoms with van der Waals surface area (Å²) in [6, 6.07) is 19.8. The van der Waals surface area contributed by atoms with Gasteiger partial charge in [-0.15, -0.1) is 0 Å². The average Bonchev–Trinajstić information content (AvgIpc) is 3.21. The van der Waals surface area contributed by atoms with Crippen LogP contribution >= 0.6 is 27.7 Å². The summed E-state index contributed by atoms with van der Waals surface area (Å²) in [4.78, 5) is 32.8. The van der Waals surface area contributed by atoms with Crippen molar-refractivity contribution in [3.63, 3.8) is 0 Å². The maximum Gasteiger partial charge on any atom is 0.269 e. The van der Waals surface area contributed by atoms with E-state index in [0.717, 1.165) is 42.2 Å². The molecular formula is C28H25BrN4O5S. The Hall–Kier alpha value is -3.67. The molecule has 0 aliphatic carbocycles. The van der Waals surface area contributed by atoms with Gasteiger partial charge in [0.05, 0.1) is 28.7 Å². The molecule has 0 bridgehead atoms. The molecule has 200 valence electrons. The number of nitrogens with zero attached hydrogens (tertiary/aromatic N) is 4. The van der Waals surface area contributed by atoms with Crippen LogP contribution in [0.2, 0.25) is 0 Å². The van der Waals surface area contributed by atoms with Gasteiger partial charge < -0.3 is 14.4 Å². The lowest BCUT2D eigenvalue weighted by molar-refractivity contribution is -0.384. The molecule has 11 heteroatoms. The van der Waals surface area contributed by atoms with Gasteiger partial charge in [-0.25, -0.2) is 4.99 Å². The van der Waals surface area contributed by atoms with Crippen LogP contribution in [0.5, 0.6) is 5.75 Å². The van der Waals surface area contributed by atoms with Crippen molar-refractivity contribution in [1.82, 2.24) is 4.90 Å². The number of rotatable bonds is 7. The summed E-state index contributed by atoms with van der Waals surface area (Å²) < 4.78 is 12.3. The summed E-state index contributed by atoms with van der Waals surface area (Å²) in [5, 5.41) is 11.7. The molecule has 3 aromatic rings. The van der Waals surface area contributed by atoms with Crippen LogP contribution in [0.15, 0.2) is 81.1 Å². The summed E-state index contributed by atoms with van der Waals surface area (Å²) in [7, 11) is 1.71. The fourth-order valence-electron chi connectivity index (χ4n) is 4.15. The molecule has 0 spiro atoms. The van der Waals surface area contributed by atoms with Crippen molar-refractivity contribution in [2.45, 2.75) is 6.61 Å². The standard InChI is InChI=1S/C28H25BrN4O5S/c1-31-27(34)26(39-28(31)30-22-6-8-23(9-7-22)32-11-13-37-14-12-32)17-20-16-21(29)5-10-25(20)38-18-19-3-2-4-24(15-19)33(35)36/h2-10,15-17H,11-14,18H2,1H3/b26-17-,30-28?. The molecule has 2 aliphatic rings. The second kappa shape index (κ2) is 12.0. The van der Waals surface area contributed by atoms with Crippen LogP contribution in [0.3, 0.4) is 0 Å². The van der Waals surface area contributed by atoms with E-state index in [9.17, 15) is 14.9 Å². The van der Waals surface area contributed by atoms with Crippen LogP contribution in [-0.2, 0) is 16.1 Å². The average molecular weight is 610 g/mol. The third-order valence-corrected chi connectivity index (χ3v) is 7.78. The first-order valence-corrected chi connectivity index (χ1v) is 13.8. The zero-order valence-corrected chi connectivity index (χ0v) is 23.5. The fourth-order valence-corrected chi connectivity index (χ4v) is 5.50. The molecule has 1 amide bonds. The van der Waals surface area contributed by atoms with Crippen LogP contribution in [-0.4, -0.2) is 54.2 Å². The topological polar surface area (TPSA) is 97.5 Å². The smallest absolute Gasteiger partial charge is 0.269 e. The Balaban J connectivity index is 1.33. The third-order valence-electron chi connectivity index (χ3n) is 6.23. The Labute approximate surface area is 238 Å². The molecule has 0 atom stereocenters. The quantitative estimate of drug-likeness (QED) is 0.184. The summed E-state index contributed by atoms with van der Waals surface area (Å²) >= 11 is 4.79. The van der Waals surface area contributed by atoms with E-state index in [1.807, 2.05) is 36.4 Å². The highest BCUT2D eigenvalue weighted by molar-refractivity contribution is 9.10. The van der Waals surface area contributed by atoms with Gasteiger partial charge in [0.2, 0.25) is 0 Å². The van der Waals surface area contributed by atoms with Crippen LogP contribution in [0.4, 0.5) is 17.1 Å². The number of halogens is 1. The number of nitro benzene ring substituents is 1. The number of hydrogen-bond acceptors (Lipinski definition) is 8. The molecule has 9 nitrogen and oxygen atoms in total. The van der Waals surface area contributed by atoms with Crippen molar-refractivity contribution in [3.05, 3.63) is 97.3 Å². The van der Waals surface area contributed by atoms with Gasteiger partial charge in [0.15, 0.2) is 5.17 Å². The van der Waals surface area contributed by atoms with Gasteiger partial charge in [0.1, 0.15) is 12.4 Å². The van der Waals surface area contributed by atoms with Crippen molar-refractivity contribution < 1.29 is 19.2 Å². The molecule has 0 aromatic heterocycles. The van der Waals surface area contributed by atoms with Gasteiger partial charge in [-0.2, -0.15) is 0 Å². The maximum atomic E-state index is 13.1. The van der Waals surface area contributed by atoms with E-state index in [2.05, 4.69) is 20.8 Å². The number of anilines is 1. The minimum Gasteiger partial charge on any atom is -0.488 e. The highest BCUT2D eigenvalue weighted by atomic mass is 79.9. The van der Waals surface area contributed by atoms with Gasteiger partial charge in [0, 0.05) is 48.0 Å². The predicted molar refractivity (Wildman–Crippen MR) is 156 cm³/mol. The molecule has 39 heavy (non-hydrogen) atoms. The Morgan fingerprint density at radius 3 is 2.64 bits per heavy atom. The molecule has 2 saturated heterocycles. The summed E-state index contributed by atoms with van der Waals surface area (Å²) in [5.74, 6) is 0.394. The highest BCUT2D eigenvalue weighted by Crippen LogP contribution is 2.36. The van der Waals surface area contributed by atoms with Crippen molar-refractivity contribution in [2.75, 3.05) is 38.3 Å². The first-order valence-electron chi connectivity index (χ1n) is 12.2. The Morgan fingerprint density at radius 2 is 1.90 bits per heavy atom. The third kappa shape index (κ3) is 6.49. The number of amidine groups is 1. The van der Waals surface area contributed by atoms with Gasteiger partial charge >= 0.3 is 0 Å². The summed E-state index contributed by atoms with van der Waals surface area (Å²) in [5.41, 5.74) is 3.27. The molecule has 0 radical (unpaired) electrons. The lowest BCUT2D eigenvalue weighted by Crippen LogP contribution is -2.36. The van der Waals surface area contributed by atoms with Crippen molar-refractivity contribution in [2.24, 2.45) is 4.99 Å². The van der Waals surface area contributed by atoms with Crippen molar-refractivity contribution >= 4 is 61.9 Å². The van der Waals surface area contributed by atoms with Crippen LogP contribution in [0.1, 0.15) is 11.1 Å². The number of thioether (sulfide) groups is 1. The SMILES string of the molecule is CN1C(=O)/C(=C/c2cc(Br)ccc2OCc2cccc([N+](=O)[O-])c2)SC1=Nc1ccc(N2CCOCC2)cc1. The molecule has 3 aromatic carbocycles. The van der Waals surface area contributed by atoms with E-state index in [4.69, 9.17) is 14.5 Å². The number of benzene rings is 3.